The molecule has 0 bridgehead atoms. The van der Waals surface area contributed by atoms with E-state index in [-0.39, 0.29) is 0 Å². The van der Waals surface area contributed by atoms with Crippen LogP contribution in [0.15, 0.2) is 65.8 Å². The van der Waals surface area contributed by atoms with Gasteiger partial charge in [0.2, 0.25) is 10.0 Å². The van der Waals surface area contributed by atoms with E-state index in [1.54, 1.807) is 36.5 Å². The van der Waals surface area contributed by atoms with E-state index < -0.39 is 10.0 Å². The van der Waals surface area contributed by atoms with Crippen molar-refractivity contribution >= 4 is 15.7 Å². The van der Waals surface area contributed by atoms with Gasteiger partial charge in [-0.3, -0.25) is 0 Å². The first-order valence-electron chi connectivity index (χ1n) is 7.09. The monoisotopic (exact) mass is 315 g/mol. The second-order valence-electron chi connectivity index (χ2n) is 4.92. The lowest BCUT2D eigenvalue weighted by molar-refractivity contribution is 0.418. The van der Waals surface area contributed by atoms with Gasteiger partial charge in [0.05, 0.1) is 23.3 Å². The molecule has 0 unspecified atom stereocenters. The van der Waals surface area contributed by atoms with Gasteiger partial charge < -0.3 is 4.40 Å². The Morgan fingerprint density at radius 1 is 1.09 bits per heavy atom. The van der Waals surface area contributed by atoms with E-state index in [1.165, 1.54) is 4.31 Å². The third kappa shape index (κ3) is 2.63. The maximum Gasteiger partial charge on any atom is 0.243 e. The number of sulfonamides is 1. The molecule has 0 saturated heterocycles. The molecule has 0 spiro atoms. The van der Waals surface area contributed by atoms with Crippen LogP contribution in [0.1, 0.15) is 12.6 Å². The Balaban J connectivity index is 1.95. The highest BCUT2D eigenvalue weighted by Crippen LogP contribution is 2.18. The summed E-state index contributed by atoms with van der Waals surface area (Å²) in [6, 6.07) is 14.2. The van der Waals surface area contributed by atoms with Crippen LogP contribution in [0.4, 0.5) is 0 Å². The summed E-state index contributed by atoms with van der Waals surface area (Å²) in [6.07, 6.45) is 3.61. The van der Waals surface area contributed by atoms with Crippen LogP contribution < -0.4 is 0 Å². The second-order valence-corrected chi connectivity index (χ2v) is 6.86. The van der Waals surface area contributed by atoms with Gasteiger partial charge in [-0.05, 0) is 24.3 Å². The number of benzene rings is 1. The average molecular weight is 315 g/mol. The summed E-state index contributed by atoms with van der Waals surface area (Å²) in [6.45, 7) is 2.53. The molecule has 0 atom stereocenters. The summed E-state index contributed by atoms with van der Waals surface area (Å²) in [5.74, 6) is 0. The predicted octanol–water partition coefficient (Wildman–Crippen LogP) is 2.55. The fourth-order valence-corrected chi connectivity index (χ4v) is 3.83. The van der Waals surface area contributed by atoms with E-state index in [4.69, 9.17) is 0 Å². The van der Waals surface area contributed by atoms with Crippen molar-refractivity contribution in [1.29, 1.82) is 0 Å². The standard InChI is InChI=1S/C16H17N3O2S/c1-2-18(22(20,21)15-8-4-3-5-9-15)13-14-12-17-16-10-6-7-11-19(14)16/h3-12H,2,13H2,1H3. The summed E-state index contributed by atoms with van der Waals surface area (Å²) in [5.41, 5.74) is 1.66. The summed E-state index contributed by atoms with van der Waals surface area (Å²) < 4.78 is 28.8. The van der Waals surface area contributed by atoms with Crippen molar-refractivity contribution in [1.82, 2.24) is 13.7 Å². The quantitative estimate of drug-likeness (QED) is 0.727. The molecule has 6 heteroatoms. The number of hydrogen-bond acceptors (Lipinski definition) is 3. The molecule has 0 aliphatic carbocycles. The topological polar surface area (TPSA) is 54.7 Å². The Bertz CT molecular complexity index is 873. The fraction of sp³-hybridized carbons (Fsp3) is 0.188. The minimum Gasteiger partial charge on any atom is -0.303 e. The van der Waals surface area contributed by atoms with Gasteiger partial charge in [0.15, 0.2) is 0 Å². The van der Waals surface area contributed by atoms with Crippen LogP contribution in [0.3, 0.4) is 0 Å². The van der Waals surface area contributed by atoms with Crippen molar-refractivity contribution in [2.75, 3.05) is 6.54 Å². The molecule has 3 rings (SSSR count). The van der Waals surface area contributed by atoms with E-state index in [1.807, 2.05) is 35.7 Å². The summed E-state index contributed by atoms with van der Waals surface area (Å²) in [5, 5.41) is 0. The second kappa shape index (κ2) is 5.90. The molecule has 0 radical (unpaired) electrons. The van der Waals surface area contributed by atoms with E-state index in [0.717, 1.165) is 11.3 Å². The molecule has 0 saturated carbocycles. The van der Waals surface area contributed by atoms with Gasteiger partial charge >= 0.3 is 0 Å². The van der Waals surface area contributed by atoms with Crippen LogP contribution in [-0.2, 0) is 16.6 Å². The normalized spacial score (nSPS) is 12.1. The van der Waals surface area contributed by atoms with Crippen LogP contribution in [0.25, 0.3) is 5.65 Å². The molecule has 0 amide bonds. The Morgan fingerprint density at radius 2 is 1.82 bits per heavy atom. The smallest absolute Gasteiger partial charge is 0.243 e. The number of nitrogens with zero attached hydrogens (tertiary/aromatic N) is 3. The van der Waals surface area contributed by atoms with Crippen molar-refractivity contribution in [2.45, 2.75) is 18.4 Å². The Labute approximate surface area is 129 Å². The molecule has 5 nitrogen and oxygen atoms in total. The third-order valence-corrected chi connectivity index (χ3v) is 5.50. The third-order valence-electron chi connectivity index (χ3n) is 3.57. The molecule has 0 aliphatic heterocycles. The highest BCUT2D eigenvalue weighted by atomic mass is 32.2. The van der Waals surface area contributed by atoms with Gasteiger partial charge in [0, 0.05) is 12.7 Å². The molecule has 1 aromatic carbocycles. The van der Waals surface area contributed by atoms with Crippen LogP contribution in [0.5, 0.6) is 0 Å². The minimum absolute atomic E-state index is 0.291. The van der Waals surface area contributed by atoms with E-state index in [9.17, 15) is 8.42 Å². The lowest BCUT2D eigenvalue weighted by Gasteiger charge is -2.20. The zero-order chi connectivity index (χ0) is 15.6. The first-order valence-corrected chi connectivity index (χ1v) is 8.53. The van der Waals surface area contributed by atoms with Crippen LogP contribution >= 0.6 is 0 Å². The molecule has 114 valence electrons. The molecular weight excluding hydrogens is 298 g/mol. The number of pyridine rings is 1. The van der Waals surface area contributed by atoms with E-state index >= 15 is 0 Å². The first kappa shape index (κ1) is 14.7. The molecule has 0 aliphatic rings. The number of fused-ring (bicyclic) bond motifs is 1. The van der Waals surface area contributed by atoms with Gasteiger partial charge in [-0.1, -0.05) is 31.2 Å². The van der Waals surface area contributed by atoms with Gasteiger partial charge in [-0.25, -0.2) is 13.4 Å². The van der Waals surface area contributed by atoms with Crippen molar-refractivity contribution in [2.24, 2.45) is 0 Å². The number of aromatic nitrogens is 2. The minimum atomic E-state index is -3.50. The molecule has 22 heavy (non-hydrogen) atoms. The maximum absolute atomic E-state index is 12.7. The van der Waals surface area contributed by atoms with Crippen LogP contribution in [0, 0.1) is 0 Å². The highest BCUT2D eigenvalue weighted by Gasteiger charge is 2.23. The lowest BCUT2D eigenvalue weighted by Crippen LogP contribution is -2.30. The summed E-state index contributed by atoms with van der Waals surface area (Å²) in [4.78, 5) is 4.61. The Hall–Kier alpha value is -2.18. The van der Waals surface area contributed by atoms with Gasteiger partial charge in [0.25, 0.3) is 0 Å². The largest absolute Gasteiger partial charge is 0.303 e. The van der Waals surface area contributed by atoms with Crippen LogP contribution in [-0.4, -0.2) is 28.7 Å². The van der Waals surface area contributed by atoms with Crippen LogP contribution in [0.2, 0.25) is 0 Å². The van der Waals surface area contributed by atoms with E-state index in [2.05, 4.69) is 4.98 Å². The first-order chi connectivity index (χ1) is 10.6. The SMILES string of the molecule is CCN(Cc1cnc2ccccn12)S(=O)(=O)c1ccccc1. The van der Waals surface area contributed by atoms with Crippen molar-refractivity contribution < 1.29 is 8.42 Å². The summed E-state index contributed by atoms with van der Waals surface area (Å²) in [7, 11) is -3.50. The van der Waals surface area contributed by atoms with Crippen molar-refractivity contribution in [3.63, 3.8) is 0 Å². The maximum atomic E-state index is 12.7. The zero-order valence-corrected chi connectivity index (χ0v) is 13.1. The molecular formula is C16H17N3O2S. The Morgan fingerprint density at radius 3 is 2.55 bits per heavy atom. The molecule has 3 aromatic rings. The fourth-order valence-electron chi connectivity index (χ4n) is 2.39. The van der Waals surface area contributed by atoms with Gasteiger partial charge in [-0.2, -0.15) is 4.31 Å². The van der Waals surface area contributed by atoms with Crippen molar-refractivity contribution in [3.8, 4) is 0 Å². The number of hydrogen-bond donors (Lipinski definition) is 0. The van der Waals surface area contributed by atoms with Crippen molar-refractivity contribution in [3.05, 3.63) is 66.6 Å². The Kier molecular flexibility index (Phi) is 3.96. The zero-order valence-electron chi connectivity index (χ0n) is 12.3. The van der Waals surface area contributed by atoms with Gasteiger partial charge in [0.1, 0.15) is 5.65 Å². The highest BCUT2D eigenvalue weighted by molar-refractivity contribution is 7.89. The molecule has 2 heterocycles. The average Bonchev–Trinajstić information content (AvgIpc) is 2.96. The van der Waals surface area contributed by atoms with Gasteiger partial charge in [-0.15, -0.1) is 0 Å². The summed E-state index contributed by atoms with van der Waals surface area (Å²) >= 11 is 0. The number of imidazole rings is 1. The van der Waals surface area contributed by atoms with E-state index in [0.29, 0.717) is 18.0 Å². The molecule has 2 aromatic heterocycles. The molecule has 0 N–H and O–H groups in total. The number of rotatable bonds is 5. The predicted molar refractivity (Wildman–Crippen MR) is 84.9 cm³/mol. The molecule has 0 fully saturated rings. The lowest BCUT2D eigenvalue weighted by atomic mass is 10.4.